The number of rotatable bonds is 2. The summed E-state index contributed by atoms with van der Waals surface area (Å²) in [5, 5.41) is 0. The molecule has 2 N–H and O–H groups in total. The van der Waals surface area contributed by atoms with Gasteiger partial charge >= 0.3 is 0 Å². The third-order valence-corrected chi connectivity index (χ3v) is 6.99. The van der Waals surface area contributed by atoms with Crippen molar-refractivity contribution in [1.29, 1.82) is 0 Å². The molecule has 1 aliphatic carbocycles. The lowest BCUT2D eigenvalue weighted by molar-refractivity contribution is 0.467. The highest BCUT2D eigenvalue weighted by molar-refractivity contribution is 7.98. The van der Waals surface area contributed by atoms with E-state index in [0.717, 1.165) is 12.2 Å². The quantitative estimate of drug-likeness (QED) is 0.908. The number of nitrogens with zero attached hydrogens (tertiary/aromatic N) is 1. The van der Waals surface area contributed by atoms with Crippen molar-refractivity contribution in [2.24, 2.45) is 5.73 Å². The van der Waals surface area contributed by atoms with Crippen LogP contribution in [-0.4, -0.2) is 10.7 Å². The lowest BCUT2D eigenvalue weighted by Gasteiger charge is -2.28. The topological polar surface area (TPSA) is 38.9 Å². The standard InChI is InChI=1S/C17H20N2S2/c18-16(15-9-12-10-20-8-6-14(12)21-15)13-5-1-3-11-4-2-7-19-17(11)13/h2,4,7,9,13,16H,1,3,5-6,8,10,18H2. The van der Waals surface area contributed by atoms with Crippen molar-refractivity contribution in [3.8, 4) is 0 Å². The molecule has 2 nitrogen and oxygen atoms in total. The summed E-state index contributed by atoms with van der Waals surface area (Å²) in [4.78, 5) is 7.58. The van der Waals surface area contributed by atoms with Crippen LogP contribution in [0.3, 0.4) is 0 Å². The molecule has 21 heavy (non-hydrogen) atoms. The predicted molar refractivity (Wildman–Crippen MR) is 91.0 cm³/mol. The van der Waals surface area contributed by atoms with Gasteiger partial charge in [-0.05, 0) is 54.7 Å². The van der Waals surface area contributed by atoms with Crippen LogP contribution in [0.4, 0.5) is 0 Å². The maximum Gasteiger partial charge on any atom is 0.0485 e. The molecule has 2 aromatic heterocycles. The van der Waals surface area contributed by atoms with Crippen LogP contribution in [0.1, 0.15) is 51.4 Å². The van der Waals surface area contributed by atoms with E-state index in [-0.39, 0.29) is 6.04 Å². The third-order valence-electron chi connectivity index (χ3n) is 4.65. The Kier molecular flexibility index (Phi) is 3.78. The minimum atomic E-state index is 0.111. The molecule has 0 fully saturated rings. The van der Waals surface area contributed by atoms with Gasteiger partial charge in [0.15, 0.2) is 0 Å². The van der Waals surface area contributed by atoms with Gasteiger partial charge in [-0.2, -0.15) is 11.8 Å². The Morgan fingerprint density at radius 2 is 2.24 bits per heavy atom. The largest absolute Gasteiger partial charge is 0.323 e. The van der Waals surface area contributed by atoms with Gasteiger partial charge in [-0.15, -0.1) is 11.3 Å². The maximum atomic E-state index is 6.66. The second-order valence-electron chi connectivity index (χ2n) is 5.97. The number of nitrogens with two attached hydrogens (primary N) is 1. The zero-order valence-corrected chi connectivity index (χ0v) is 13.7. The van der Waals surface area contributed by atoms with Gasteiger partial charge in [-0.25, -0.2) is 0 Å². The summed E-state index contributed by atoms with van der Waals surface area (Å²) < 4.78 is 0. The first-order valence-electron chi connectivity index (χ1n) is 7.71. The lowest BCUT2D eigenvalue weighted by atomic mass is 9.82. The Balaban J connectivity index is 1.66. The van der Waals surface area contributed by atoms with Crippen molar-refractivity contribution in [1.82, 2.24) is 4.98 Å². The molecule has 3 heterocycles. The zero-order valence-electron chi connectivity index (χ0n) is 12.0. The van der Waals surface area contributed by atoms with Gasteiger partial charge in [0.25, 0.3) is 0 Å². The van der Waals surface area contributed by atoms with Gasteiger partial charge in [0.2, 0.25) is 0 Å². The molecular formula is C17H20N2S2. The molecule has 110 valence electrons. The second kappa shape index (κ2) is 5.75. The highest BCUT2D eigenvalue weighted by atomic mass is 32.2. The monoisotopic (exact) mass is 316 g/mol. The number of hydrogen-bond acceptors (Lipinski definition) is 4. The fourth-order valence-electron chi connectivity index (χ4n) is 3.53. The summed E-state index contributed by atoms with van der Waals surface area (Å²) in [6, 6.07) is 6.75. The van der Waals surface area contributed by atoms with E-state index in [2.05, 4.69) is 17.1 Å². The minimum Gasteiger partial charge on any atom is -0.323 e. The molecule has 0 spiro atoms. The average Bonchev–Trinajstić information content (AvgIpc) is 2.97. The van der Waals surface area contributed by atoms with Crippen molar-refractivity contribution in [3.05, 3.63) is 51.0 Å². The molecule has 2 aromatic rings. The van der Waals surface area contributed by atoms with Gasteiger partial charge in [0.1, 0.15) is 0 Å². The van der Waals surface area contributed by atoms with E-state index in [0.29, 0.717) is 5.92 Å². The summed E-state index contributed by atoms with van der Waals surface area (Å²) in [6.45, 7) is 0. The van der Waals surface area contributed by atoms with Crippen molar-refractivity contribution < 1.29 is 0 Å². The van der Waals surface area contributed by atoms with Crippen LogP contribution < -0.4 is 5.73 Å². The molecule has 0 radical (unpaired) electrons. The fraction of sp³-hybridized carbons (Fsp3) is 0.471. The smallest absolute Gasteiger partial charge is 0.0485 e. The van der Waals surface area contributed by atoms with E-state index in [4.69, 9.17) is 5.73 Å². The first-order valence-corrected chi connectivity index (χ1v) is 9.68. The third kappa shape index (κ3) is 2.54. The van der Waals surface area contributed by atoms with E-state index in [1.165, 1.54) is 46.7 Å². The van der Waals surface area contributed by atoms with Gasteiger partial charge in [0.05, 0.1) is 0 Å². The van der Waals surface area contributed by atoms with Crippen molar-refractivity contribution in [2.45, 2.75) is 43.4 Å². The first kappa shape index (κ1) is 13.8. The summed E-state index contributed by atoms with van der Waals surface area (Å²) in [5.74, 6) is 2.82. The number of thiophene rings is 1. The van der Waals surface area contributed by atoms with E-state index < -0.39 is 0 Å². The molecule has 4 rings (SSSR count). The molecule has 0 bridgehead atoms. The van der Waals surface area contributed by atoms with Gasteiger partial charge < -0.3 is 5.73 Å². The Morgan fingerprint density at radius 1 is 1.29 bits per heavy atom. The minimum absolute atomic E-state index is 0.111. The lowest BCUT2D eigenvalue weighted by Crippen LogP contribution is -2.23. The second-order valence-corrected chi connectivity index (χ2v) is 8.25. The number of aryl methyl sites for hydroxylation is 2. The zero-order chi connectivity index (χ0) is 14.2. The number of hydrogen-bond donors (Lipinski definition) is 1. The van der Waals surface area contributed by atoms with Crippen LogP contribution in [0.2, 0.25) is 0 Å². The van der Waals surface area contributed by atoms with E-state index in [9.17, 15) is 0 Å². The molecule has 2 aliphatic rings. The molecule has 1 aliphatic heterocycles. The van der Waals surface area contributed by atoms with E-state index >= 15 is 0 Å². The molecule has 2 unspecified atom stereocenters. The van der Waals surface area contributed by atoms with Crippen LogP contribution in [0.25, 0.3) is 0 Å². The van der Waals surface area contributed by atoms with Crippen LogP contribution in [0, 0.1) is 0 Å². The van der Waals surface area contributed by atoms with Crippen LogP contribution in [0.5, 0.6) is 0 Å². The molecule has 4 heteroatoms. The molecule has 2 atom stereocenters. The Bertz CT molecular complexity index is 626. The molecule has 0 aromatic carbocycles. The van der Waals surface area contributed by atoms with Crippen molar-refractivity contribution >= 4 is 23.1 Å². The number of thioether (sulfide) groups is 1. The molecule has 0 amide bonds. The SMILES string of the molecule is NC(c1cc2c(s1)CCSC2)C1CCCc2cccnc21. The number of fused-ring (bicyclic) bond motifs is 2. The van der Waals surface area contributed by atoms with Crippen molar-refractivity contribution in [3.63, 3.8) is 0 Å². The highest BCUT2D eigenvalue weighted by Gasteiger charge is 2.29. The Labute approximate surface area is 134 Å². The van der Waals surface area contributed by atoms with E-state index in [1.54, 1.807) is 4.88 Å². The Morgan fingerprint density at radius 3 is 3.14 bits per heavy atom. The summed E-state index contributed by atoms with van der Waals surface area (Å²) in [7, 11) is 0. The summed E-state index contributed by atoms with van der Waals surface area (Å²) in [5.41, 5.74) is 10.8. The molecule has 0 saturated carbocycles. The van der Waals surface area contributed by atoms with Crippen LogP contribution in [0.15, 0.2) is 24.4 Å². The van der Waals surface area contributed by atoms with Crippen LogP contribution in [-0.2, 0) is 18.6 Å². The number of pyridine rings is 1. The summed E-state index contributed by atoms with van der Waals surface area (Å²) >= 11 is 3.99. The maximum absolute atomic E-state index is 6.66. The average molecular weight is 316 g/mol. The molecule has 0 saturated heterocycles. The van der Waals surface area contributed by atoms with Crippen LogP contribution >= 0.6 is 23.1 Å². The predicted octanol–water partition coefficient (Wildman–Crippen LogP) is 4.05. The number of aromatic nitrogens is 1. The Hall–Kier alpha value is -0.840. The van der Waals surface area contributed by atoms with Gasteiger partial charge in [-0.1, -0.05) is 6.07 Å². The molecular weight excluding hydrogens is 296 g/mol. The van der Waals surface area contributed by atoms with Gasteiger partial charge in [0, 0.05) is 39.4 Å². The highest BCUT2D eigenvalue weighted by Crippen LogP contribution is 2.42. The fourth-order valence-corrected chi connectivity index (χ4v) is 5.97. The van der Waals surface area contributed by atoms with E-state index in [1.807, 2.05) is 35.4 Å². The first-order chi connectivity index (χ1) is 10.3. The normalized spacial score (nSPS) is 22.4. The summed E-state index contributed by atoms with van der Waals surface area (Å²) in [6.07, 6.45) is 6.70. The van der Waals surface area contributed by atoms with Crippen molar-refractivity contribution in [2.75, 3.05) is 5.75 Å². The van der Waals surface area contributed by atoms with Gasteiger partial charge in [-0.3, -0.25) is 4.98 Å².